The fraction of sp³-hybridized carbons (Fsp3) is 0.241. The number of carbonyl (C=O) groups is 2. The summed E-state index contributed by atoms with van der Waals surface area (Å²) >= 11 is 6.22. The fourth-order valence-corrected chi connectivity index (χ4v) is 4.47. The summed E-state index contributed by atoms with van der Waals surface area (Å²) in [4.78, 5) is 43.9. The van der Waals surface area contributed by atoms with Crippen molar-refractivity contribution in [2.75, 3.05) is 38.1 Å². The molecule has 1 aliphatic rings. The van der Waals surface area contributed by atoms with E-state index in [1.807, 2.05) is 41.0 Å². The molecule has 2 aromatic carbocycles. The third-order valence-electron chi connectivity index (χ3n) is 6.59. The molecule has 9 nitrogen and oxygen atoms in total. The van der Waals surface area contributed by atoms with E-state index in [2.05, 4.69) is 27.1 Å². The number of alkyl halides is 3. The number of hydrogen-bond acceptors (Lipinski definition) is 6. The van der Waals surface area contributed by atoms with Crippen LogP contribution >= 0.6 is 11.6 Å². The zero-order chi connectivity index (χ0) is 30.4. The molecule has 0 atom stereocenters. The number of carbonyl (C=O) groups excluding carboxylic acids is 1. The van der Waals surface area contributed by atoms with Crippen LogP contribution in [0.4, 0.5) is 19.0 Å². The number of aliphatic carboxylic acids is 1. The van der Waals surface area contributed by atoms with Crippen molar-refractivity contribution in [1.29, 1.82) is 0 Å². The summed E-state index contributed by atoms with van der Waals surface area (Å²) in [5.74, 6) is -2.16. The van der Waals surface area contributed by atoms with Crippen LogP contribution in [0.5, 0.6) is 0 Å². The number of rotatable bonds is 5. The van der Waals surface area contributed by atoms with Crippen molar-refractivity contribution in [3.8, 4) is 5.69 Å². The van der Waals surface area contributed by atoms with E-state index in [1.54, 1.807) is 36.7 Å². The van der Waals surface area contributed by atoms with E-state index in [1.165, 1.54) is 0 Å². The van der Waals surface area contributed by atoms with Crippen molar-refractivity contribution in [3.63, 3.8) is 0 Å². The number of aromatic nitrogens is 2. The number of carboxylic acid groups (broad SMARTS) is 1. The maximum absolute atomic E-state index is 13.2. The molecule has 0 radical (unpaired) electrons. The lowest BCUT2D eigenvalue weighted by molar-refractivity contribution is -0.192. The Kier molecular flexibility index (Phi) is 9.48. The lowest BCUT2D eigenvalue weighted by Gasteiger charge is -2.33. The Bertz CT molecular complexity index is 1620. The Morgan fingerprint density at radius 1 is 1.02 bits per heavy atom. The van der Waals surface area contributed by atoms with Crippen molar-refractivity contribution in [2.45, 2.75) is 12.7 Å². The molecule has 2 N–H and O–H groups in total. The molecule has 5 rings (SSSR count). The molecule has 0 spiro atoms. The summed E-state index contributed by atoms with van der Waals surface area (Å²) in [6.45, 7) is 3.90. The third kappa shape index (κ3) is 7.45. The van der Waals surface area contributed by atoms with Crippen LogP contribution in [0.25, 0.3) is 16.6 Å². The van der Waals surface area contributed by atoms with E-state index < -0.39 is 12.1 Å². The first-order chi connectivity index (χ1) is 19.9. The smallest absolute Gasteiger partial charge is 0.475 e. The van der Waals surface area contributed by atoms with Crippen LogP contribution in [-0.4, -0.2) is 70.8 Å². The zero-order valence-electron chi connectivity index (χ0n) is 22.4. The van der Waals surface area contributed by atoms with Gasteiger partial charge < -0.3 is 24.8 Å². The van der Waals surface area contributed by atoms with Crippen molar-refractivity contribution in [3.05, 3.63) is 99.4 Å². The van der Waals surface area contributed by atoms with Gasteiger partial charge in [0.25, 0.3) is 5.91 Å². The SMILES string of the molecule is CN1CCN(c2ccc(C(=O)NCc3cn(-c4ccccc4)c4cc(Cl)ccc4c3=O)cn2)CC1.O=C(O)C(F)(F)F. The van der Waals surface area contributed by atoms with Gasteiger partial charge in [-0.15, -0.1) is 0 Å². The second kappa shape index (κ2) is 13.0. The van der Waals surface area contributed by atoms with Gasteiger partial charge in [-0.05, 0) is 49.5 Å². The molecule has 1 fully saturated rings. The number of halogens is 4. The molecule has 0 unspecified atom stereocenters. The predicted octanol–water partition coefficient (Wildman–Crippen LogP) is 4.35. The van der Waals surface area contributed by atoms with Gasteiger partial charge in [0.05, 0.1) is 11.1 Å². The fourth-order valence-electron chi connectivity index (χ4n) is 4.30. The molecular formula is C29H27ClF3N5O4. The minimum Gasteiger partial charge on any atom is -0.475 e. The van der Waals surface area contributed by atoms with Crippen molar-refractivity contribution >= 4 is 40.2 Å². The number of pyridine rings is 2. The average molecular weight is 602 g/mol. The van der Waals surface area contributed by atoms with Crippen molar-refractivity contribution < 1.29 is 27.9 Å². The van der Waals surface area contributed by atoms with Gasteiger partial charge in [0, 0.05) is 66.8 Å². The first-order valence-corrected chi connectivity index (χ1v) is 13.2. The van der Waals surface area contributed by atoms with Crippen LogP contribution < -0.4 is 15.6 Å². The first-order valence-electron chi connectivity index (χ1n) is 12.8. The Morgan fingerprint density at radius 2 is 1.69 bits per heavy atom. The van der Waals surface area contributed by atoms with Gasteiger partial charge in [-0.2, -0.15) is 13.2 Å². The Balaban J connectivity index is 0.000000517. The minimum absolute atomic E-state index is 0.100. The number of carboxylic acids is 1. The maximum Gasteiger partial charge on any atom is 0.490 e. The largest absolute Gasteiger partial charge is 0.490 e. The number of nitrogens with one attached hydrogen (secondary N) is 1. The topological polar surface area (TPSA) is 108 Å². The number of benzene rings is 2. The highest BCUT2D eigenvalue weighted by molar-refractivity contribution is 6.31. The van der Waals surface area contributed by atoms with E-state index >= 15 is 0 Å². The van der Waals surface area contributed by atoms with Crippen LogP contribution in [-0.2, 0) is 11.3 Å². The van der Waals surface area contributed by atoms with E-state index in [4.69, 9.17) is 21.5 Å². The molecule has 0 aliphatic carbocycles. The number of piperazine rings is 1. The number of nitrogens with zero attached hydrogens (tertiary/aromatic N) is 4. The van der Waals surface area contributed by atoms with E-state index in [9.17, 15) is 22.8 Å². The van der Waals surface area contributed by atoms with Gasteiger partial charge in [0.1, 0.15) is 5.82 Å². The average Bonchev–Trinajstić information content (AvgIpc) is 2.97. The van der Waals surface area contributed by atoms with Gasteiger partial charge in [-0.1, -0.05) is 29.8 Å². The standard InChI is InChI=1S/C27H26ClN5O2.C2HF3O2/c1-31-11-13-32(14-12-31)25-10-7-19(16-29-25)27(35)30-17-20-18-33(22-5-3-2-4-6-22)24-15-21(28)8-9-23(24)26(20)34;3-2(4,5)1(6)7/h2-10,15-16,18H,11-14,17H2,1H3,(H,30,35);(H,6,7). The van der Waals surface area contributed by atoms with Crippen LogP contribution in [0.1, 0.15) is 15.9 Å². The highest BCUT2D eigenvalue weighted by atomic mass is 35.5. The van der Waals surface area contributed by atoms with Gasteiger partial charge in [0.2, 0.25) is 0 Å². The summed E-state index contributed by atoms with van der Waals surface area (Å²) in [5, 5.41) is 11.1. The van der Waals surface area contributed by atoms with Crippen molar-refractivity contribution in [1.82, 2.24) is 19.8 Å². The Hall–Kier alpha value is -4.42. The van der Waals surface area contributed by atoms with E-state index in [-0.39, 0.29) is 17.9 Å². The molecule has 3 heterocycles. The number of hydrogen-bond donors (Lipinski definition) is 2. The molecule has 220 valence electrons. The van der Waals surface area contributed by atoms with Crippen LogP contribution in [0.3, 0.4) is 0 Å². The molecular weight excluding hydrogens is 575 g/mol. The third-order valence-corrected chi connectivity index (χ3v) is 6.83. The summed E-state index contributed by atoms with van der Waals surface area (Å²) in [6.07, 6.45) is -1.72. The molecule has 42 heavy (non-hydrogen) atoms. The second-order valence-electron chi connectivity index (χ2n) is 9.53. The Labute approximate surface area is 243 Å². The lowest BCUT2D eigenvalue weighted by Crippen LogP contribution is -2.44. The number of para-hydroxylation sites is 1. The molecule has 1 amide bonds. The lowest BCUT2D eigenvalue weighted by atomic mass is 10.1. The summed E-state index contributed by atoms with van der Waals surface area (Å²) < 4.78 is 33.7. The molecule has 4 aromatic rings. The number of fused-ring (bicyclic) bond motifs is 1. The van der Waals surface area contributed by atoms with Gasteiger partial charge in [-0.3, -0.25) is 9.59 Å². The molecule has 13 heteroatoms. The van der Waals surface area contributed by atoms with E-state index in [0.717, 1.165) is 37.7 Å². The molecule has 2 aromatic heterocycles. The van der Waals surface area contributed by atoms with Crippen LogP contribution in [0.2, 0.25) is 5.02 Å². The van der Waals surface area contributed by atoms with Crippen LogP contribution in [0.15, 0.2) is 77.9 Å². The van der Waals surface area contributed by atoms with Gasteiger partial charge >= 0.3 is 12.1 Å². The number of amides is 1. The van der Waals surface area contributed by atoms with Crippen LogP contribution in [0, 0.1) is 0 Å². The predicted molar refractivity (Wildman–Crippen MR) is 153 cm³/mol. The first kappa shape index (κ1) is 30.5. The van der Waals surface area contributed by atoms with Crippen molar-refractivity contribution in [2.24, 2.45) is 0 Å². The van der Waals surface area contributed by atoms with Gasteiger partial charge in [0.15, 0.2) is 5.43 Å². The minimum atomic E-state index is -5.08. The normalized spacial score (nSPS) is 13.8. The molecule has 0 bridgehead atoms. The van der Waals surface area contributed by atoms with E-state index in [0.29, 0.717) is 27.1 Å². The highest BCUT2D eigenvalue weighted by Crippen LogP contribution is 2.22. The maximum atomic E-state index is 13.2. The Morgan fingerprint density at radius 3 is 2.29 bits per heavy atom. The number of likely N-dealkylation sites (N-methyl/N-ethyl adjacent to an activating group) is 1. The van der Waals surface area contributed by atoms with Gasteiger partial charge in [-0.25, -0.2) is 9.78 Å². The zero-order valence-corrected chi connectivity index (χ0v) is 23.2. The molecule has 1 saturated heterocycles. The number of anilines is 1. The molecule has 0 saturated carbocycles. The summed E-state index contributed by atoms with van der Waals surface area (Å²) in [6, 6.07) is 18.6. The summed E-state index contributed by atoms with van der Waals surface area (Å²) in [7, 11) is 2.11. The monoisotopic (exact) mass is 601 g/mol. The quantitative estimate of drug-likeness (QED) is 0.350. The summed E-state index contributed by atoms with van der Waals surface area (Å²) in [5.41, 5.74) is 2.43. The molecule has 1 aliphatic heterocycles. The second-order valence-corrected chi connectivity index (χ2v) is 9.97. The highest BCUT2D eigenvalue weighted by Gasteiger charge is 2.38.